The van der Waals surface area contributed by atoms with E-state index in [0.29, 0.717) is 0 Å². The summed E-state index contributed by atoms with van der Waals surface area (Å²) in [5.41, 5.74) is 3.92. The van der Waals surface area contributed by atoms with Crippen LogP contribution in [0.3, 0.4) is 0 Å². The van der Waals surface area contributed by atoms with Gasteiger partial charge in [0.1, 0.15) is 0 Å². The maximum Gasteiger partial charge on any atom is 0.0602 e. The molecule has 0 atom stereocenters. The Bertz CT molecular complexity index is 522. The van der Waals surface area contributed by atoms with Crippen LogP contribution in [0.25, 0.3) is 0 Å². The van der Waals surface area contributed by atoms with Crippen LogP contribution in [0.5, 0.6) is 0 Å². The van der Waals surface area contributed by atoms with Crippen LogP contribution in [0, 0.1) is 0 Å². The lowest BCUT2D eigenvalue weighted by molar-refractivity contribution is 0.814. The number of pyridine rings is 1. The van der Waals surface area contributed by atoms with Gasteiger partial charge in [0.15, 0.2) is 0 Å². The second-order valence-electron chi connectivity index (χ2n) is 4.27. The summed E-state index contributed by atoms with van der Waals surface area (Å²) >= 11 is 3.41. The normalized spacial score (nSPS) is 13.8. The average Bonchev–Trinajstić information content (AvgIpc) is 2.76. The first-order valence-corrected chi connectivity index (χ1v) is 6.55. The van der Waals surface area contributed by atoms with Crippen molar-refractivity contribution >= 4 is 21.6 Å². The van der Waals surface area contributed by atoms with Crippen molar-refractivity contribution in [2.24, 2.45) is 0 Å². The van der Waals surface area contributed by atoms with Crippen molar-refractivity contribution in [2.45, 2.75) is 13.0 Å². The molecule has 86 valence electrons. The first kappa shape index (κ1) is 10.8. The minimum absolute atomic E-state index is 0.893. The van der Waals surface area contributed by atoms with Crippen molar-refractivity contribution in [3.8, 4) is 0 Å². The van der Waals surface area contributed by atoms with E-state index in [1.54, 1.807) is 0 Å². The summed E-state index contributed by atoms with van der Waals surface area (Å²) in [6.07, 6.45) is 3.00. The van der Waals surface area contributed by atoms with E-state index in [9.17, 15) is 0 Å². The van der Waals surface area contributed by atoms with Crippen molar-refractivity contribution in [3.05, 3.63) is 58.3 Å². The summed E-state index contributed by atoms with van der Waals surface area (Å²) in [5, 5.41) is 0. The smallest absolute Gasteiger partial charge is 0.0602 e. The van der Waals surface area contributed by atoms with Crippen molar-refractivity contribution in [3.63, 3.8) is 0 Å². The van der Waals surface area contributed by atoms with Gasteiger partial charge in [0.2, 0.25) is 0 Å². The molecule has 0 radical (unpaired) electrons. The molecule has 3 rings (SSSR count). The highest BCUT2D eigenvalue weighted by Gasteiger charge is 2.18. The number of hydrogen-bond acceptors (Lipinski definition) is 2. The Morgan fingerprint density at radius 2 is 2.06 bits per heavy atom. The van der Waals surface area contributed by atoms with Gasteiger partial charge in [0.05, 0.1) is 12.2 Å². The number of benzene rings is 1. The molecule has 1 aliphatic rings. The van der Waals surface area contributed by atoms with Crippen LogP contribution < -0.4 is 4.90 Å². The third kappa shape index (κ3) is 2.20. The zero-order chi connectivity index (χ0) is 11.7. The lowest BCUT2D eigenvalue weighted by Gasteiger charge is -2.18. The molecule has 0 amide bonds. The van der Waals surface area contributed by atoms with E-state index in [0.717, 1.165) is 29.7 Å². The number of halogens is 1. The van der Waals surface area contributed by atoms with Gasteiger partial charge in [0, 0.05) is 22.9 Å². The van der Waals surface area contributed by atoms with Gasteiger partial charge in [-0.15, -0.1) is 0 Å². The average molecular weight is 289 g/mol. The minimum atomic E-state index is 0.893. The zero-order valence-corrected chi connectivity index (χ0v) is 11.0. The molecule has 0 fully saturated rings. The first-order chi connectivity index (χ1) is 8.33. The second-order valence-corrected chi connectivity index (χ2v) is 5.18. The Balaban J connectivity index is 1.81. The number of aromatic nitrogens is 1. The zero-order valence-electron chi connectivity index (χ0n) is 9.44. The van der Waals surface area contributed by atoms with E-state index < -0.39 is 0 Å². The molecular weight excluding hydrogens is 276 g/mol. The van der Waals surface area contributed by atoms with E-state index in [1.165, 1.54) is 11.3 Å². The molecule has 1 aromatic heterocycles. The van der Waals surface area contributed by atoms with E-state index in [1.807, 2.05) is 12.3 Å². The molecule has 0 saturated heterocycles. The van der Waals surface area contributed by atoms with E-state index >= 15 is 0 Å². The van der Waals surface area contributed by atoms with Crippen LogP contribution in [0.15, 0.2) is 47.1 Å². The van der Waals surface area contributed by atoms with Gasteiger partial charge in [-0.2, -0.15) is 0 Å². The van der Waals surface area contributed by atoms with Crippen molar-refractivity contribution in [1.29, 1.82) is 0 Å². The third-order valence-electron chi connectivity index (χ3n) is 3.12. The molecule has 1 aromatic carbocycles. The molecule has 2 aromatic rings. The fraction of sp³-hybridized carbons (Fsp3) is 0.214. The summed E-state index contributed by atoms with van der Waals surface area (Å²) in [6.45, 7) is 1.99. The predicted octanol–water partition coefficient (Wildman–Crippen LogP) is 3.41. The molecule has 1 aliphatic heterocycles. The maximum absolute atomic E-state index is 4.43. The molecule has 3 heteroatoms. The van der Waals surface area contributed by atoms with Crippen LogP contribution in [0.1, 0.15) is 11.3 Å². The van der Waals surface area contributed by atoms with Crippen molar-refractivity contribution < 1.29 is 0 Å². The second kappa shape index (κ2) is 4.49. The number of hydrogen-bond donors (Lipinski definition) is 0. The monoisotopic (exact) mass is 288 g/mol. The van der Waals surface area contributed by atoms with Gasteiger partial charge >= 0.3 is 0 Å². The molecule has 17 heavy (non-hydrogen) atoms. The number of nitrogens with zero attached hydrogens (tertiary/aromatic N) is 2. The molecule has 0 aliphatic carbocycles. The largest absolute Gasteiger partial charge is 0.365 e. The van der Waals surface area contributed by atoms with Crippen molar-refractivity contribution in [2.75, 3.05) is 11.4 Å². The summed E-state index contributed by atoms with van der Waals surface area (Å²) in [6, 6.07) is 12.7. The Kier molecular flexibility index (Phi) is 2.85. The number of fused-ring (bicyclic) bond motifs is 1. The maximum atomic E-state index is 4.43. The van der Waals surface area contributed by atoms with Crippen molar-refractivity contribution in [1.82, 2.24) is 4.98 Å². The van der Waals surface area contributed by atoms with Gasteiger partial charge in [-0.25, -0.2) is 0 Å². The highest BCUT2D eigenvalue weighted by atomic mass is 79.9. The van der Waals surface area contributed by atoms with E-state index in [-0.39, 0.29) is 0 Å². The Morgan fingerprint density at radius 3 is 2.88 bits per heavy atom. The third-order valence-corrected chi connectivity index (χ3v) is 3.59. The molecule has 0 bridgehead atoms. The molecule has 0 unspecified atom stereocenters. The molecule has 2 nitrogen and oxygen atoms in total. The summed E-state index contributed by atoms with van der Waals surface area (Å²) < 4.78 is 1.03. The number of rotatable bonds is 2. The van der Waals surface area contributed by atoms with Gasteiger partial charge in [-0.1, -0.05) is 18.2 Å². The Morgan fingerprint density at radius 1 is 1.18 bits per heavy atom. The summed E-state index contributed by atoms with van der Waals surface area (Å²) in [5.74, 6) is 0. The Labute approximate surface area is 109 Å². The molecular formula is C14H13BrN2. The molecule has 0 spiro atoms. The topological polar surface area (TPSA) is 16.1 Å². The first-order valence-electron chi connectivity index (χ1n) is 5.76. The fourth-order valence-electron chi connectivity index (χ4n) is 2.27. The van der Waals surface area contributed by atoms with Crippen LogP contribution in [0.2, 0.25) is 0 Å². The SMILES string of the molecule is Brc1ccc(CN2CCc3ccccc32)nc1. The number of anilines is 1. The Hall–Kier alpha value is -1.35. The summed E-state index contributed by atoms with van der Waals surface area (Å²) in [7, 11) is 0. The van der Waals surface area contributed by atoms with Gasteiger partial charge in [-0.05, 0) is 46.1 Å². The van der Waals surface area contributed by atoms with Crippen LogP contribution >= 0.6 is 15.9 Å². The van der Waals surface area contributed by atoms with E-state index in [2.05, 4.69) is 56.1 Å². The molecule has 0 N–H and O–H groups in total. The van der Waals surface area contributed by atoms with Crippen LogP contribution in [0.4, 0.5) is 5.69 Å². The highest BCUT2D eigenvalue weighted by molar-refractivity contribution is 9.10. The van der Waals surface area contributed by atoms with Crippen LogP contribution in [-0.4, -0.2) is 11.5 Å². The minimum Gasteiger partial charge on any atom is -0.365 e. The summed E-state index contributed by atoms with van der Waals surface area (Å²) in [4.78, 5) is 6.82. The highest BCUT2D eigenvalue weighted by Crippen LogP contribution is 2.28. The lowest BCUT2D eigenvalue weighted by atomic mass is 10.2. The molecule has 2 heterocycles. The van der Waals surface area contributed by atoms with Gasteiger partial charge in [-0.3, -0.25) is 4.98 Å². The molecule has 0 saturated carbocycles. The number of para-hydroxylation sites is 1. The van der Waals surface area contributed by atoms with E-state index in [4.69, 9.17) is 0 Å². The lowest BCUT2D eigenvalue weighted by Crippen LogP contribution is -2.20. The standard InChI is InChI=1S/C14H13BrN2/c15-12-5-6-13(16-9-12)10-17-8-7-11-3-1-2-4-14(11)17/h1-6,9H,7-8,10H2. The fourth-order valence-corrected chi connectivity index (χ4v) is 2.50. The quantitative estimate of drug-likeness (QED) is 0.842. The van der Waals surface area contributed by atoms with Crippen LogP contribution in [-0.2, 0) is 13.0 Å². The predicted molar refractivity (Wildman–Crippen MR) is 73.1 cm³/mol. The van der Waals surface area contributed by atoms with Gasteiger partial charge in [0.25, 0.3) is 0 Å². The van der Waals surface area contributed by atoms with Gasteiger partial charge < -0.3 is 4.90 Å².